The number of hydrogen-bond donors (Lipinski definition) is 5. The van der Waals surface area contributed by atoms with E-state index in [0.29, 0.717) is 41.7 Å². The van der Waals surface area contributed by atoms with Crippen LogP contribution in [0.25, 0.3) is 17.3 Å². The Bertz CT molecular complexity index is 1360. The molecule has 5 rings (SSSR count). The molecule has 12 heteroatoms. The third-order valence-corrected chi connectivity index (χ3v) is 5.55. The van der Waals surface area contributed by atoms with Crippen molar-refractivity contribution in [1.82, 2.24) is 29.9 Å². The van der Waals surface area contributed by atoms with Crippen molar-refractivity contribution in [2.24, 2.45) is 5.73 Å². The minimum Gasteiger partial charge on any atom is -0.423 e. The molecule has 166 valence electrons. The number of benzene rings is 1. The van der Waals surface area contributed by atoms with Gasteiger partial charge in [0.15, 0.2) is 5.65 Å². The number of fused-ring (bicyclic) bond motifs is 2. The number of primary amides is 1. The molecule has 0 radical (unpaired) electrons. The van der Waals surface area contributed by atoms with Gasteiger partial charge in [-0.2, -0.15) is 0 Å². The highest BCUT2D eigenvalue weighted by molar-refractivity contribution is 6.58. The Balaban J connectivity index is 1.54. The number of nitrogens with one attached hydrogen (secondary N) is 2. The van der Waals surface area contributed by atoms with Crippen LogP contribution in [0.1, 0.15) is 27.2 Å². The number of pyridine rings is 1. The first-order valence-corrected chi connectivity index (χ1v) is 10.4. The van der Waals surface area contributed by atoms with E-state index in [-0.39, 0.29) is 5.56 Å². The Hall–Kier alpha value is -3.87. The van der Waals surface area contributed by atoms with Crippen molar-refractivity contribution in [3.63, 3.8) is 0 Å². The van der Waals surface area contributed by atoms with Gasteiger partial charge in [0.2, 0.25) is 11.6 Å². The summed E-state index contributed by atoms with van der Waals surface area (Å²) < 4.78 is 1.65. The molecule has 6 N–H and O–H groups in total. The van der Waals surface area contributed by atoms with Crippen LogP contribution in [0.3, 0.4) is 0 Å². The van der Waals surface area contributed by atoms with Crippen molar-refractivity contribution < 1.29 is 14.8 Å². The van der Waals surface area contributed by atoms with E-state index in [2.05, 4.69) is 20.8 Å². The van der Waals surface area contributed by atoms with Crippen molar-refractivity contribution in [2.45, 2.75) is 19.5 Å². The molecule has 0 spiro atoms. The van der Waals surface area contributed by atoms with Gasteiger partial charge in [-0.1, -0.05) is 24.3 Å². The highest BCUT2D eigenvalue weighted by Crippen LogP contribution is 2.25. The van der Waals surface area contributed by atoms with E-state index >= 15 is 0 Å². The molecular weight excluding hydrogens is 423 g/mol. The van der Waals surface area contributed by atoms with Gasteiger partial charge in [0, 0.05) is 24.8 Å². The molecule has 1 aromatic carbocycles. The number of aromatic nitrogens is 5. The smallest absolute Gasteiger partial charge is 0.423 e. The molecule has 0 bridgehead atoms. The number of rotatable bonds is 6. The molecular formula is C21H21BN8O3. The predicted molar refractivity (Wildman–Crippen MR) is 122 cm³/mol. The molecule has 0 atom stereocenters. The molecule has 33 heavy (non-hydrogen) atoms. The number of carbonyl (C=O) groups excluding carboxylic acids is 1. The largest absolute Gasteiger partial charge is 0.488 e. The van der Waals surface area contributed by atoms with Crippen molar-refractivity contribution in [2.75, 3.05) is 11.9 Å². The fraction of sp³-hybridized carbons (Fsp3) is 0.190. The third kappa shape index (κ3) is 4.02. The van der Waals surface area contributed by atoms with Gasteiger partial charge in [-0.05, 0) is 36.1 Å². The molecule has 11 nitrogen and oxygen atoms in total. The number of carbonyl (C=O) groups is 1. The van der Waals surface area contributed by atoms with E-state index in [4.69, 9.17) is 15.7 Å². The van der Waals surface area contributed by atoms with Gasteiger partial charge in [-0.15, -0.1) is 10.2 Å². The summed E-state index contributed by atoms with van der Waals surface area (Å²) in [4.78, 5) is 21.2. The summed E-state index contributed by atoms with van der Waals surface area (Å²) in [7, 11) is -1.53. The fourth-order valence-corrected chi connectivity index (χ4v) is 3.92. The molecule has 0 saturated heterocycles. The summed E-state index contributed by atoms with van der Waals surface area (Å²) in [6, 6.07) is 10.3. The maximum atomic E-state index is 11.8. The van der Waals surface area contributed by atoms with E-state index < -0.39 is 13.0 Å². The van der Waals surface area contributed by atoms with Gasteiger partial charge in [-0.25, -0.2) is 9.97 Å². The maximum absolute atomic E-state index is 11.8. The molecule has 0 saturated carbocycles. The van der Waals surface area contributed by atoms with E-state index in [1.807, 2.05) is 6.07 Å². The molecule has 3 aromatic heterocycles. The van der Waals surface area contributed by atoms with Crippen LogP contribution in [0.2, 0.25) is 0 Å². The van der Waals surface area contributed by atoms with Crippen LogP contribution in [0.5, 0.6) is 0 Å². The Morgan fingerprint density at radius 3 is 2.91 bits per heavy atom. The summed E-state index contributed by atoms with van der Waals surface area (Å²) in [5.41, 5.74) is 9.24. The Morgan fingerprint density at radius 1 is 1.21 bits per heavy atom. The van der Waals surface area contributed by atoms with Gasteiger partial charge >= 0.3 is 7.12 Å². The molecule has 1 aliphatic heterocycles. The van der Waals surface area contributed by atoms with Crippen LogP contribution in [0.15, 0.2) is 42.6 Å². The standard InChI is InChI=1S/C21H21BN8O3/c23-17(31)15-5-2-8-30-20(15)28-29-21(30)19-26-16-11-24-7-6-14(16)18(27-19)25-10-12-3-1-4-13(9-12)22(32)33/h1-5,8-9,24,32-33H,6-7,10-11H2,(H2,23,31)(H,25,26,27). The zero-order valence-electron chi connectivity index (χ0n) is 17.6. The van der Waals surface area contributed by atoms with Crippen molar-refractivity contribution in [3.05, 3.63) is 65.0 Å². The van der Waals surface area contributed by atoms with Gasteiger partial charge in [0.1, 0.15) is 5.82 Å². The monoisotopic (exact) mass is 444 g/mol. The first-order chi connectivity index (χ1) is 16.0. The van der Waals surface area contributed by atoms with E-state index in [9.17, 15) is 14.8 Å². The first-order valence-electron chi connectivity index (χ1n) is 10.4. The molecule has 4 aromatic rings. The molecule has 1 aliphatic rings. The molecule has 0 unspecified atom stereocenters. The Morgan fingerprint density at radius 2 is 2.09 bits per heavy atom. The predicted octanol–water partition coefficient (Wildman–Crippen LogP) is -0.777. The van der Waals surface area contributed by atoms with E-state index in [0.717, 1.165) is 29.8 Å². The Labute approximate surface area is 188 Å². The minimum atomic E-state index is -1.53. The number of hydrogen-bond acceptors (Lipinski definition) is 9. The minimum absolute atomic E-state index is 0.264. The zero-order valence-corrected chi connectivity index (χ0v) is 17.6. The van der Waals surface area contributed by atoms with E-state index in [1.54, 1.807) is 40.9 Å². The summed E-state index contributed by atoms with van der Waals surface area (Å²) >= 11 is 0. The SMILES string of the molecule is NC(=O)c1cccn2c(-c3nc4c(c(NCc5cccc(B(O)O)c5)n3)CCNC4)nnc12. The van der Waals surface area contributed by atoms with Crippen LogP contribution in [0.4, 0.5) is 5.82 Å². The maximum Gasteiger partial charge on any atom is 0.488 e. The van der Waals surface area contributed by atoms with Crippen molar-refractivity contribution in [1.29, 1.82) is 0 Å². The number of nitrogens with two attached hydrogens (primary N) is 1. The van der Waals surface area contributed by atoms with Crippen LogP contribution >= 0.6 is 0 Å². The van der Waals surface area contributed by atoms with Crippen LogP contribution in [0, 0.1) is 0 Å². The lowest BCUT2D eigenvalue weighted by Crippen LogP contribution is -2.30. The summed E-state index contributed by atoms with van der Waals surface area (Å²) in [5, 5.41) is 33.9. The normalized spacial score (nSPS) is 13.0. The van der Waals surface area contributed by atoms with Gasteiger partial charge < -0.3 is 26.4 Å². The molecule has 4 heterocycles. The lowest BCUT2D eigenvalue weighted by Gasteiger charge is -2.20. The number of anilines is 1. The topological polar surface area (TPSA) is 164 Å². The first kappa shape index (κ1) is 21.0. The second-order valence-corrected chi connectivity index (χ2v) is 7.72. The fourth-order valence-electron chi connectivity index (χ4n) is 3.92. The van der Waals surface area contributed by atoms with Crippen LogP contribution in [-0.4, -0.2) is 54.2 Å². The molecule has 1 amide bonds. The number of amides is 1. The lowest BCUT2D eigenvalue weighted by atomic mass is 9.79. The zero-order chi connectivity index (χ0) is 22.9. The third-order valence-electron chi connectivity index (χ3n) is 5.55. The average molecular weight is 444 g/mol. The summed E-state index contributed by atoms with van der Waals surface area (Å²) in [6.45, 7) is 1.84. The summed E-state index contributed by atoms with van der Waals surface area (Å²) in [5.74, 6) is 0.852. The number of nitrogens with zero attached hydrogens (tertiary/aromatic N) is 5. The van der Waals surface area contributed by atoms with Crippen LogP contribution in [-0.2, 0) is 19.5 Å². The highest BCUT2D eigenvalue weighted by atomic mass is 16.4. The second-order valence-electron chi connectivity index (χ2n) is 7.72. The second kappa shape index (κ2) is 8.58. The molecule has 0 aliphatic carbocycles. The quantitative estimate of drug-likeness (QED) is 0.240. The van der Waals surface area contributed by atoms with Crippen molar-refractivity contribution in [3.8, 4) is 11.6 Å². The van der Waals surface area contributed by atoms with E-state index in [1.165, 1.54) is 0 Å². The molecule has 0 fully saturated rings. The van der Waals surface area contributed by atoms with Crippen LogP contribution < -0.4 is 21.8 Å². The van der Waals surface area contributed by atoms with Gasteiger partial charge in [-0.3, -0.25) is 9.20 Å². The average Bonchev–Trinajstić information content (AvgIpc) is 3.26. The lowest BCUT2D eigenvalue weighted by molar-refractivity contribution is 0.100. The van der Waals surface area contributed by atoms with Gasteiger partial charge in [0.25, 0.3) is 5.91 Å². The van der Waals surface area contributed by atoms with Crippen molar-refractivity contribution >= 4 is 30.0 Å². The van der Waals surface area contributed by atoms with Gasteiger partial charge in [0.05, 0.1) is 11.3 Å². The Kier molecular flexibility index (Phi) is 5.46. The summed E-state index contributed by atoms with van der Waals surface area (Å²) in [6.07, 6.45) is 2.50. The highest BCUT2D eigenvalue weighted by Gasteiger charge is 2.22.